The molecule has 0 unspecified atom stereocenters. The molecule has 0 saturated carbocycles. The topological polar surface area (TPSA) is 47.0 Å². The summed E-state index contributed by atoms with van der Waals surface area (Å²) in [5.41, 5.74) is 2.68. The molecular formula is C4H7N3OS. The lowest BCUT2D eigenvalue weighted by molar-refractivity contribution is 0.0874. The predicted octanol–water partition coefficient (Wildman–Crippen LogP) is 0.189. The Morgan fingerprint density at radius 1 is 1.89 bits per heavy atom. The van der Waals surface area contributed by atoms with Crippen molar-refractivity contribution in [2.45, 2.75) is 6.54 Å². The van der Waals surface area contributed by atoms with Crippen molar-refractivity contribution in [1.82, 2.24) is 15.1 Å². The van der Waals surface area contributed by atoms with Gasteiger partial charge in [-0.3, -0.25) is 0 Å². The molecule has 4 nitrogen and oxygen atoms in total. The van der Waals surface area contributed by atoms with Gasteiger partial charge >= 0.3 is 0 Å². The predicted molar refractivity (Wildman–Crippen MR) is 33.8 cm³/mol. The third kappa shape index (κ3) is 2.05. The molecule has 1 N–H and O–H groups in total. The van der Waals surface area contributed by atoms with Crippen LogP contribution >= 0.6 is 11.5 Å². The summed E-state index contributed by atoms with van der Waals surface area (Å²) in [4.78, 5) is 5.68. The summed E-state index contributed by atoms with van der Waals surface area (Å²) in [5.74, 6) is 0. The zero-order valence-electron chi connectivity index (χ0n) is 5.00. The second kappa shape index (κ2) is 3.49. The highest BCUT2D eigenvalue weighted by Gasteiger charge is 1.91. The van der Waals surface area contributed by atoms with Gasteiger partial charge in [0.25, 0.3) is 0 Å². The Balaban J connectivity index is 2.30. The minimum absolute atomic E-state index is 0.675. The number of hydrogen-bond donors (Lipinski definition) is 1. The molecule has 1 heterocycles. The average molecular weight is 145 g/mol. The Labute approximate surface area is 57.0 Å². The van der Waals surface area contributed by atoms with Crippen LogP contribution in [0.4, 0.5) is 0 Å². The molecule has 9 heavy (non-hydrogen) atoms. The van der Waals surface area contributed by atoms with E-state index in [-0.39, 0.29) is 0 Å². The lowest BCUT2D eigenvalue weighted by Gasteiger charge is -1.93. The van der Waals surface area contributed by atoms with Crippen molar-refractivity contribution in [3.05, 3.63) is 11.1 Å². The van der Waals surface area contributed by atoms with Gasteiger partial charge in [-0.05, 0) is 11.5 Å². The zero-order chi connectivity index (χ0) is 6.53. The van der Waals surface area contributed by atoms with Gasteiger partial charge in [0.1, 0.15) is 0 Å². The minimum atomic E-state index is 0.675. The van der Waals surface area contributed by atoms with Crippen LogP contribution in [0.5, 0.6) is 0 Å². The number of nitrogens with one attached hydrogen (secondary N) is 1. The zero-order valence-corrected chi connectivity index (χ0v) is 5.81. The molecule has 0 aliphatic carbocycles. The number of hydrogen-bond acceptors (Lipinski definition) is 5. The molecule has 0 radical (unpaired) electrons. The minimum Gasteiger partial charge on any atom is -0.305 e. The van der Waals surface area contributed by atoms with Gasteiger partial charge in [0, 0.05) is 0 Å². The van der Waals surface area contributed by atoms with Crippen LogP contribution in [0, 0.1) is 0 Å². The van der Waals surface area contributed by atoms with Crippen LogP contribution in [0.15, 0.2) is 6.20 Å². The highest BCUT2D eigenvalue weighted by Crippen LogP contribution is 1.99. The van der Waals surface area contributed by atoms with E-state index in [9.17, 15) is 0 Å². The summed E-state index contributed by atoms with van der Waals surface area (Å²) in [6, 6.07) is 0. The number of aromatic nitrogens is 2. The summed E-state index contributed by atoms with van der Waals surface area (Å²) in [6.45, 7) is 0.675. The van der Waals surface area contributed by atoms with Gasteiger partial charge in [-0.1, -0.05) is 4.49 Å². The van der Waals surface area contributed by atoms with Crippen LogP contribution in [0.2, 0.25) is 0 Å². The number of nitrogens with zero attached hydrogens (tertiary/aromatic N) is 2. The van der Waals surface area contributed by atoms with Gasteiger partial charge in [-0.2, -0.15) is 5.48 Å². The van der Waals surface area contributed by atoms with Gasteiger partial charge < -0.3 is 4.84 Å². The Bertz CT molecular complexity index is 153. The van der Waals surface area contributed by atoms with E-state index in [1.54, 1.807) is 13.3 Å². The maximum absolute atomic E-state index is 4.62. The summed E-state index contributed by atoms with van der Waals surface area (Å²) in [5, 5.41) is 3.65. The third-order valence-electron chi connectivity index (χ3n) is 0.798. The standard InChI is InChI=1S/C4H7N3OS/c1-8-6-3-4-2-5-7-9-4/h2,6H,3H2,1H3. The highest BCUT2D eigenvalue weighted by molar-refractivity contribution is 7.05. The maximum Gasteiger partial charge on any atom is 0.0667 e. The SMILES string of the molecule is CONCc1cnns1. The Morgan fingerprint density at radius 3 is 3.33 bits per heavy atom. The van der Waals surface area contributed by atoms with E-state index in [1.165, 1.54) is 11.5 Å². The summed E-state index contributed by atoms with van der Waals surface area (Å²) < 4.78 is 3.67. The quantitative estimate of drug-likeness (QED) is 0.617. The number of hydroxylamine groups is 1. The molecule has 0 aliphatic heterocycles. The van der Waals surface area contributed by atoms with E-state index in [1.807, 2.05) is 0 Å². The fraction of sp³-hybridized carbons (Fsp3) is 0.500. The summed E-state index contributed by atoms with van der Waals surface area (Å²) >= 11 is 1.36. The van der Waals surface area contributed by atoms with E-state index in [2.05, 4.69) is 19.9 Å². The number of rotatable bonds is 3. The molecule has 0 aliphatic rings. The van der Waals surface area contributed by atoms with Crippen LogP contribution in [0.1, 0.15) is 4.88 Å². The Kier molecular flexibility index (Phi) is 2.56. The van der Waals surface area contributed by atoms with Crippen molar-refractivity contribution in [2.24, 2.45) is 0 Å². The lowest BCUT2D eigenvalue weighted by Crippen LogP contribution is -2.09. The molecule has 0 fully saturated rings. The van der Waals surface area contributed by atoms with E-state index < -0.39 is 0 Å². The van der Waals surface area contributed by atoms with Crippen molar-refractivity contribution in [3.63, 3.8) is 0 Å². The third-order valence-corrected chi connectivity index (χ3v) is 1.46. The van der Waals surface area contributed by atoms with E-state index in [0.717, 1.165) is 4.88 Å². The largest absolute Gasteiger partial charge is 0.305 e. The maximum atomic E-state index is 4.62. The fourth-order valence-electron chi connectivity index (χ4n) is 0.409. The van der Waals surface area contributed by atoms with Crippen molar-refractivity contribution in [2.75, 3.05) is 7.11 Å². The molecule has 0 saturated heterocycles. The van der Waals surface area contributed by atoms with Gasteiger partial charge in [0.2, 0.25) is 0 Å². The molecule has 0 atom stereocenters. The first kappa shape index (κ1) is 6.60. The van der Waals surface area contributed by atoms with Crippen LogP contribution in [-0.4, -0.2) is 16.7 Å². The first-order valence-electron chi connectivity index (χ1n) is 2.45. The van der Waals surface area contributed by atoms with Crippen LogP contribution in [-0.2, 0) is 11.4 Å². The van der Waals surface area contributed by atoms with Crippen molar-refractivity contribution in [1.29, 1.82) is 0 Å². The van der Waals surface area contributed by atoms with Gasteiger partial charge in [0.15, 0.2) is 0 Å². The molecule has 1 rings (SSSR count). The van der Waals surface area contributed by atoms with Crippen molar-refractivity contribution < 1.29 is 4.84 Å². The smallest absolute Gasteiger partial charge is 0.0667 e. The Hall–Kier alpha value is -0.520. The van der Waals surface area contributed by atoms with Gasteiger partial charge in [-0.25, -0.2) is 0 Å². The molecular weight excluding hydrogens is 138 g/mol. The second-order valence-electron chi connectivity index (χ2n) is 1.41. The summed E-state index contributed by atoms with van der Waals surface area (Å²) in [7, 11) is 1.58. The second-order valence-corrected chi connectivity index (χ2v) is 2.28. The first-order valence-corrected chi connectivity index (χ1v) is 3.23. The van der Waals surface area contributed by atoms with Crippen molar-refractivity contribution >= 4 is 11.5 Å². The van der Waals surface area contributed by atoms with Crippen LogP contribution in [0.3, 0.4) is 0 Å². The van der Waals surface area contributed by atoms with Crippen molar-refractivity contribution in [3.8, 4) is 0 Å². The molecule has 0 spiro atoms. The molecule has 1 aromatic rings. The molecule has 0 bridgehead atoms. The summed E-state index contributed by atoms with van der Waals surface area (Å²) in [6.07, 6.45) is 1.71. The normalized spacial score (nSPS) is 9.89. The van der Waals surface area contributed by atoms with Gasteiger partial charge in [-0.15, -0.1) is 5.10 Å². The highest BCUT2D eigenvalue weighted by atomic mass is 32.1. The van der Waals surface area contributed by atoms with Crippen LogP contribution in [0.25, 0.3) is 0 Å². The molecule has 50 valence electrons. The van der Waals surface area contributed by atoms with Crippen LogP contribution < -0.4 is 5.48 Å². The van der Waals surface area contributed by atoms with E-state index >= 15 is 0 Å². The van der Waals surface area contributed by atoms with E-state index in [4.69, 9.17) is 0 Å². The molecule has 5 heteroatoms. The average Bonchev–Trinajstić information content (AvgIpc) is 2.34. The van der Waals surface area contributed by atoms with Gasteiger partial charge in [0.05, 0.1) is 24.7 Å². The first-order chi connectivity index (χ1) is 4.43. The monoisotopic (exact) mass is 145 g/mol. The molecule has 0 aromatic carbocycles. The van der Waals surface area contributed by atoms with E-state index in [0.29, 0.717) is 6.54 Å². The Morgan fingerprint density at radius 2 is 2.78 bits per heavy atom. The lowest BCUT2D eigenvalue weighted by atomic mass is 10.6. The fourth-order valence-corrected chi connectivity index (χ4v) is 0.826. The molecule has 1 aromatic heterocycles. The molecule has 0 amide bonds.